The molecule has 1 rings (SSSR count). The fraction of sp³-hybridized carbons (Fsp3) is 0.889. The van der Waals surface area contributed by atoms with Crippen LogP contribution in [0, 0.1) is 0 Å². The van der Waals surface area contributed by atoms with Crippen molar-refractivity contribution in [3.8, 4) is 0 Å². The number of Topliss-reactive ketones (excluding diaryl/α,β-unsaturated/α-hetero) is 1. The molecule has 1 aliphatic heterocycles. The summed E-state index contributed by atoms with van der Waals surface area (Å²) in [5.74, 6) is 1.04. The molecule has 0 saturated carbocycles. The van der Waals surface area contributed by atoms with E-state index in [1.54, 1.807) is 30.4 Å². The molecule has 14 heavy (non-hydrogen) atoms. The second-order valence-corrected chi connectivity index (χ2v) is 5.87. The second kappa shape index (κ2) is 5.39. The summed E-state index contributed by atoms with van der Waals surface area (Å²) in [6, 6.07) is 0. The Hall–Kier alpha value is 0.290. The molecule has 0 unspecified atom stereocenters. The van der Waals surface area contributed by atoms with Crippen LogP contribution < -0.4 is 0 Å². The summed E-state index contributed by atoms with van der Waals surface area (Å²) in [6.07, 6.45) is 1.18. The minimum absolute atomic E-state index is 0.0252. The fourth-order valence-electron chi connectivity index (χ4n) is 1.14. The van der Waals surface area contributed by atoms with Crippen LogP contribution in [-0.4, -0.2) is 41.9 Å². The molecule has 0 atom stereocenters. The zero-order chi connectivity index (χ0) is 10.6. The first kappa shape index (κ1) is 12.4. The highest BCUT2D eigenvalue weighted by Crippen LogP contribution is 2.34. The van der Waals surface area contributed by atoms with E-state index in [1.165, 1.54) is 20.6 Å². The van der Waals surface area contributed by atoms with E-state index in [4.69, 9.17) is 9.47 Å². The Morgan fingerprint density at radius 3 is 2.21 bits per heavy atom. The van der Waals surface area contributed by atoms with Crippen LogP contribution in [0.1, 0.15) is 13.3 Å². The molecule has 0 aromatic carbocycles. The van der Waals surface area contributed by atoms with Crippen molar-refractivity contribution in [2.24, 2.45) is 0 Å². The predicted octanol–water partition coefficient (Wildman–Crippen LogP) is 1.76. The van der Waals surface area contributed by atoms with Crippen molar-refractivity contribution in [2.75, 3.05) is 25.7 Å². The molecule has 0 aromatic rings. The third-order valence-electron chi connectivity index (χ3n) is 2.27. The standard InChI is InChI=1S/C9H16O3S2/c1-9(11-2,12-3)7(10)8-13-5-4-6-14-8/h8H,4-6H2,1-3H3. The van der Waals surface area contributed by atoms with Crippen LogP contribution in [0.5, 0.6) is 0 Å². The van der Waals surface area contributed by atoms with Crippen molar-refractivity contribution >= 4 is 29.3 Å². The van der Waals surface area contributed by atoms with Crippen molar-refractivity contribution in [3.05, 3.63) is 0 Å². The molecule has 0 N–H and O–H groups in total. The van der Waals surface area contributed by atoms with Gasteiger partial charge in [-0.3, -0.25) is 4.79 Å². The molecule has 1 heterocycles. The number of rotatable bonds is 4. The predicted molar refractivity (Wildman–Crippen MR) is 60.8 cm³/mol. The van der Waals surface area contributed by atoms with Crippen LogP contribution in [0.25, 0.3) is 0 Å². The van der Waals surface area contributed by atoms with Crippen LogP contribution in [0.3, 0.4) is 0 Å². The van der Waals surface area contributed by atoms with Gasteiger partial charge in [-0.2, -0.15) is 0 Å². The Labute approximate surface area is 93.3 Å². The SMILES string of the molecule is COC(C)(OC)C(=O)C1SCCCS1. The maximum absolute atomic E-state index is 12.0. The van der Waals surface area contributed by atoms with Gasteiger partial charge >= 0.3 is 0 Å². The van der Waals surface area contributed by atoms with Crippen LogP contribution >= 0.6 is 23.5 Å². The normalized spacial score (nSPS) is 19.6. The quantitative estimate of drug-likeness (QED) is 0.695. The van der Waals surface area contributed by atoms with E-state index in [-0.39, 0.29) is 10.4 Å². The molecule has 1 saturated heterocycles. The van der Waals surface area contributed by atoms with Gasteiger partial charge in [-0.05, 0) is 24.9 Å². The molecule has 0 aromatic heterocycles. The van der Waals surface area contributed by atoms with Gasteiger partial charge in [0.15, 0.2) is 0 Å². The Bertz CT molecular complexity index is 198. The lowest BCUT2D eigenvalue weighted by atomic mass is 10.2. The molecule has 0 spiro atoms. The summed E-state index contributed by atoms with van der Waals surface area (Å²) in [5, 5.41) is 0. The van der Waals surface area contributed by atoms with Gasteiger partial charge in [-0.1, -0.05) is 0 Å². The smallest absolute Gasteiger partial charge is 0.227 e. The van der Waals surface area contributed by atoms with Gasteiger partial charge in [0.1, 0.15) is 4.58 Å². The molecule has 0 radical (unpaired) electrons. The zero-order valence-corrected chi connectivity index (χ0v) is 10.4. The number of carbonyl (C=O) groups excluding carboxylic acids is 1. The first-order chi connectivity index (χ1) is 6.64. The van der Waals surface area contributed by atoms with Gasteiger partial charge in [0, 0.05) is 14.2 Å². The lowest BCUT2D eigenvalue weighted by Gasteiger charge is -2.30. The molecular formula is C9H16O3S2. The number of hydrogen-bond donors (Lipinski definition) is 0. The maximum atomic E-state index is 12.0. The van der Waals surface area contributed by atoms with Gasteiger partial charge in [-0.25, -0.2) is 0 Å². The highest BCUT2D eigenvalue weighted by Gasteiger charge is 2.39. The average molecular weight is 236 g/mol. The van der Waals surface area contributed by atoms with Crippen molar-refractivity contribution in [3.63, 3.8) is 0 Å². The highest BCUT2D eigenvalue weighted by molar-refractivity contribution is 8.18. The molecule has 1 fully saturated rings. The minimum Gasteiger partial charge on any atom is -0.347 e. The van der Waals surface area contributed by atoms with Crippen LogP contribution in [0.4, 0.5) is 0 Å². The summed E-state index contributed by atoms with van der Waals surface area (Å²) >= 11 is 3.36. The summed E-state index contributed by atoms with van der Waals surface area (Å²) < 4.78 is 10.2. The van der Waals surface area contributed by atoms with Crippen molar-refractivity contribution < 1.29 is 14.3 Å². The van der Waals surface area contributed by atoms with Crippen molar-refractivity contribution in [1.29, 1.82) is 0 Å². The number of hydrogen-bond acceptors (Lipinski definition) is 5. The molecule has 0 aliphatic carbocycles. The first-order valence-electron chi connectivity index (χ1n) is 4.52. The third-order valence-corrected chi connectivity index (χ3v) is 5.17. The molecule has 5 heteroatoms. The number of thioether (sulfide) groups is 2. The summed E-state index contributed by atoms with van der Waals surface area (Å²) in [5.41, 5.74) is 0. The zero-order valence-electron chi connectivity index (χ0n) is 8.74. The molecule has 82 valence electrons. The number of methoxy groups -OCH3 is 2. The number of ether oxygens (including phenoxy) is 2. The van der Waals surface area contributed by atoms with E-state index in [2.05, 4.69) is 0 Å². The minimum atomic E-state index is -1.08. The Balaban J connectivity index is 2.61. The molecule has 0 bridgehead atoms. The van der Waals surface area contributed by atoms with Gasteiger partial charge in [0.05, 0.1) is 0 Å². The Morgan fingerprint density at radius 2 is 1.79 bits per heavy atom. The third kappa shape index (κ3) is 2.66. The molecule has 0 amide bonds. The molecular weight excluding hydrogens is 220 g/mol. The van der Waals surface area contributed by atoms with Crippen LogP contribution in [0.15, 0.2) is 0 Å². The number of ketones is 1. The monoisotopic (exact) mass is 236 g/mol. The highest BCUT2D eigenvalue weighted by atomic mass is 32.2. The van der Waals surface area contributed by atoms with Crippen LogP contribution in [0.2, 0.25) is 0 Å². The van der Waals surface area contributed by atoms with E-state index in [1.807, 2.05) is 0 Å². The van der Waals surface area contributed by atoms with Gasteiger partial charge in [0.2, 0.25) is 11.6 Å². The van der Waals surface area contributed by atoms with Crippen molar-refractivity contribution in [2.45, 2.75) is 23.7 Å². The maximum Gasteiger partial charge on any atom is 0.227 e. The fourth-order valence-corrected chi connectivity index (χ4v) is 4.06. The van der Waals surface area contributed by atoms with E-state index in [0.29, 0.717) is 0 Å². The summed E-state index contributed by atoms with van der Waals surface area (Å²) in [6.45, 7) is 1.67. The number of carbonyl (C=O) groups is 1. The topological polar surface area (TPSA) is 35.5 Å². The lowest BCUT2D eigenvalue weighted by molar-refractivity contribution is -0.197. The van der Waals surface area contributed by atoms with Crippen molar-refractivity contribution in [1.82, 2.24) is 0 Å². The molecule has 3 nitrogen and oxygen atoms in total. The van der Waals surface area contributed by atoms with E-state index in [9.17, 15) is 4.79 Å². The average Bonchev–Trinajstić information content (AvgIpc) is 2.28. The lowest BCUT2D eigenvalue weighted by Crippen LogP contribution is -2.44. The first-order valence-corrected chi connectivity index (χ1v) is 6.61. The Morgan fingerprint density at radius 1 is 1.29 bits per heavy atom. The van der Waals surface area contributed by atoms with E-state index in [0.717, 1.165) is 11.5 Å². The second-order valence-electron chi connectivity index (χ2n) is 3.15. The van der Waals surface area contributed by atoms with Gasteiger partial charge in [-0.15, -0.1) is 23.5 Å². The summed E-state index contributed by atoms with van der Waals surface area (Å²) in [4.78, 5) is 12.0. The largest absolute Gasteiger partial charge is 0.347 e. The molecule has 1 aliphatic rings. The van der Waals surface area contributed by atoms with Crippen LogP contribution in [-0.2, 0) is 14.3 Å². The Kier molecular flexibility index (Phi) is 4.76. The van der Waals surface area contributed by atoms with E-state index < -0.39 is 5.79 Å². The van der Waals surface area contributed by atoms with Gasteiger partial charge in [0.25, 0.3) is 0 Å². The van der Waals surface area contributed by atoms with Gasteiger partial charge < -0.3 is 9.47 Å². The van der Waals surface area contributed by atoms with E-state index >= 15 is 0 Å². The summed E-state index contributed by atoms with van der Waals surface area (Å²) in [7, 11) is 3.00.